The summed E-state index contributed by atoms with van der Waals surface area (Å²) < 4.78 is 51.1. The summed E-state index contributed by atoms with van der Waals surface area (Å²) in [6, 6.07) is 45.3. The molecule has 0 aliphatic carbocycles. The van der Waals surface area contributed by atoms with Gasteiger partial charge < -0.3 is 9.13 Å². The molecular formula is C52H36F3N9. The quantitative estimate of drug-likeness (QED) is 0.164. The van der Waals surface area contributed by atoms with E-state index in [0.717, 1.165) is 27.1 Å². The molecule has 0 N–H and O–H groups in total. The highest BCUT2D eigenvalue weighted by Gasteiger charge is 2.35. The lowest BCUT2D eigenvalue weighted by Gasteiger charge is -2.22. The Bertz CT molecular complexity index is 3440. The number of benzene rings is 6. The zero-order valence-electron chi connectivity index (χ0n) is 35.0. The molecule has 11 aromatic rings. The SMILES string of the molecule is Cc1nc(C)nc(-c2ccc3c4ccccc4n(-c4cc(C(F)(F)F)cc(-n5c6ccccc6c6ccc(-c7nc(C)nc(C)n7)cc65)c4-c4cccc(-c5ccccc5)n4)c3c2)n1. The van der Waals surface area contributed by atoms with Gasteiger partial charge in [-0.1, -0.05) is 97.1 Å². The number of hydrogen-bond donors (Lipinski definition) is 0. The molecule has 0 aliphatic heterocycles. The van der Waals surface area contributed by atoms with Crippen molar-refractivity contribution in [2.75, 3.05) is 0 Å². The summed E-state index contributed by atoms with van der Waals surface area (Å²) in [4.78, 5) is 32.7. The molecule has 0 fully saturated rings. The molecule has 0 atom stereocenters. The largest absolute Gasteiger partial charge is 0.416 e. The van der Waals surface area contributed by atoms with E-state index in [2.05, 4.69) is 29.9 Å². The first-order valence-corrected chi connectivity index (χ1v) is 20.7. The summed E-state index contributed by atoms with van der Waals surface area (Å²) in [7, 11) is 0. The van der Waals surface area contributed by atoms with Gasteiger partial charge in [-0.3, -0.25) is 0 Å². The fourth-order valence-electron chi connectivity index (χ4n) is 8.96. The molecule has 64 heavy (non-hydrogen) atoms. The maximum atomic E-state index is 15.7. The van der Waals surface area contributed by atoms with E-state index in [9.17, 15) is 0 Å². The lowest BCUT2D eigenvalue weighted by atomic mass is 10.00. The molecular weight excluding hydrogens is 808 g/mol. The minimum atomic E-state index is -4.74. The number of fused-ring (bicyclic) bond motifs is 6. The van der Waals surface area contributed by atoms with E-state index in [1.807, 2.05) is 170 Å². The fraction of sp³-hybridized carbons (Fsp3) is 0.0962. The van der Waals surface area contributed by atoms with E-state index in [-0.39, 0.29) is 0 Å². The van der Waals surface area contributed by atoms with Gasteiger partial charge in [0.15, 0.2) is 11.6 Å². The van der Waals surface area contributed by atoms with Crippen molar-refractivity contribution in [3.8, 4) is 56.7 Å². The van der Waals surface area contributed by atoms with Gasteiger partial charge >= 0.3 is 6.18 Å². The van der Waals surface area contributed by atoms with Gasteiger partial charge in [0.05, 0.1) is 50.4 Å². The van der Waals surface area contributed by atoms with Crippen molar-refractivity contribution in [1.82, 2.24) is 44.0 Å². The highest BCUT2D eigenvalue weighted by Crippen LogP contribution is 2.46. The third-order valence-corrected chi connectivity index (χ3v) is 11.6. The van der Waals surface area contributed by atoms with E-state index in [4.69, 9.17) is 4.98 Å². The normalized spacial score (nSPS) is 12.0. The number of aryl methyl sites for hydroxylation is 4. The van der Waals surface area contributed by atoms with E-state index >= 15 is 13.2 Å². The van der Waals surface area contributed by atoms with Crippen LogP contribution in [0.3, 0.4) is 0 Å². The monoisotopic (exact) mass is 843 g/mol. The first-order valence-electron chi connectivity index (χ1n) is 20.7. The molecule has 5 aromatic heterocycles. The van der Waals surface area contributed by atoms with E-state index < -0.39 is 11.7 Å². The van der Waals surface area contributed by atoms with Gasteiger partial charge in [-0.25, -0.2) is 34.9 Å². The van der Waals surface area contributed by atoms with Crippen LogP contribution < -0.4 is 0 Å². The number of alkyl halides is 3. The Morgan fingerprint density at radius 3 is 1.30 bits per heavy atom. The maximum absolute atomic E-state index is 15.7. The second-order valence-electron chi connectivity index (χ2n) is 15.8. The molecule has 310 valence electrons. The minimum Gasteiger partial charge on any atom is -0.308 e. The van der Waals surface area contributed by atoms with Crippen LogP contribution in [-0.2, 0) is 6.18 Å². The fourth-order valence-corrected chi connectivity index (χ4v) is 8.96. The third-order valence-electron chi connectivity index (χ3n) is 11.6. The van der Waals surface area contributed by atoms with Crippen molar-refractivity contribution < 1.29 is 13.2 Å². The molecule has 0 spiro atoms. The van der Waals surface area contributed by atoms with Crippen molar-refractivity contribution in [1.29, 1.82) is 0 Å². The van der Waals surface area contributed by atoms with Crippen molar-refractivity contribution in [3.63, 3.8) is 0 Å². The Morgan fingerprint density at radius 1 is 0.375 bits per heavy atom. The average molecular weight is 844 g/mol. The van der Waals surface area contributed by atoms with Crippen molar-refractivity contribution >= 4 is 43.6 Å². The van der Waals surface area contributed by atoms with E-state index in [1.165, 1.54) is 12.1 Å². The molecule has 0 saturated carbocycles. The molecule has 11 rings (SSSR count). The predicted octanol–water partition coefficient (Wildman–Crippen LogP) is 12.6. The number of para-hydroxylation sites is 2. The van der Waals surface area contributed by atoms with Crippen LogP contribution in [0.4, 0.5) is 13.2 Å². The molecule has 0 unspecified atom stereocenters. The highest BCUT2D eigenvalue weighted by molar-refractivity contribution is 6.13. The number of halogens is 3. The Labute approximate surface area is 364 Å². The van der Waals surface area contributed by atoms with Crippen molar-refractivity contribution in [3.05, 3.63) is 174 Å². The molecule has 9 nitrogen and oxygen atoms in total. The molecule has 0 bridgehead atoms. The average Bonchev–Trinajstić information content (AvgIpc) is 3.80. The standard InChI is InChI=1S/C52H36F3N9/c1-29-56-30(2)59-50(58-29)34-21-23-39-37-15-8-10-19-43(37)63(45(39)25-34)47-27-36(52(53,54)55)28-48(49(47)42-18-12-17-41(62-42)33-13-6-5-7-14-33)64-44-20-11-9-16-38(44)40-24-22-35(26-46(40)64)51-60-31(3)57-32(4)61-51/h5-28H,1-4H3. The molecule has 0 amide bonds. The topological polar surface area (TPSA) is 100 Å². The lowest BCUT2D eigenvalue weighted by molar-refractivity contribution is -0.137. The Hall–Kier alpha value is -8.12. The van der Waals surface area contributed by atoms with Crippen LogP contribution in [0.1, 0.15) is 28.9 Å². The second kappa shape index (κ2) is 14.8. The molecule has 12 heteroatoms. The summed E-state index contributed by atoms with van der Waals surface area (Å²) in [5, 5.41) is 3.43. The van der Waals surface area contributed by atoms with Gasteiger partial charge in [0.1, 0.15) is 23.3 Å². The number of aromatic nitrogens is 9. The number of rotatable bonds is 6. The van der Waals surface area contributed by atoms with Gasteiger partial charge in [0.2, 0.25) is 0 Å². The second-order valence-corrected chi connectivity index (χ2v) is 15.8. The van der Waals surface area contributed by atoms with Crippen LogP contribution in [0.2, 0.25) is 0 Å². The van der Waals surface area contributed by atoms with Crippen molar-refractivity contribution in [2.24, 2.45) is 0 Å². The van der Waals surface area contributed by atoms with Crippen LogP contribution in [0.5, 0.6) is 0 Å². The van der Waals surface area contributed by atoms with Crippen LogP contribution in [-0.4, -0.2) is 44.0 Å². The van der Waals surface area contributed by atoms with Gasteiger partial charge in [-0.2, -0.15) is 13.2 Å². The first-order chi connectivity index (χ1) is 31.0. The van der Waals surface area contributed by atoms with Gasteiger partial charge in [0.25, 0.3) is 0 Å². The summed E-state index contributed by atoms with van der Waals surface area (Å²) in [5.74, 6) is 3.19. The van der Waals surface area contributed by atoms with Gasteiger partial charge in [-0.15, -0.1) is 0 Å². The number of pyridine rings is 1. The third kappa shape index (κ3) is 6.53. The van der Waals surface area contributed by atoms with Crippen LogP contribution >= 0.6 is 0 Å². The molecule has 0 saturated heterocycles. The van der Waals surface area contributed by atoms with Gasteiger partial charge in [0, 0.05) is 43.8 Å². The number of hydrogen-bond acceptors (Lipinski definition) is 7. The first kappa shape index (κ1) is 38.8. The predicted molar refractivity (Wildman–Crippen MR) is 245 cm³/mol. The highest BCUT2D eigenvalue weighted by atomic mass is 19.4. The molecule has 5 heterocycles. The summed E-state index contributed by atoms with van der Waals surface area (Å²) >= 11 is 0. The maximum Gasteiger partial charge on any atom is 0.416 e. The molecule has 6 aromatic carbocycles. The smallest absolute Gasteiger partial charge is 0.308 e. The van der Waals surface area contributed by atoms with Crippen LogP contribution in [0.15, 0.2) is 146 Å². The zero-order valence-corrected chi connectivity index (χ0v) is 35.0. The van der Waals surface area contributed by atoms with Crippen molar-refractivity contribution in [2.45, 2.75) is 33.9 Å². The Morgan fingerprint density at radius 2 is 0.812 bits per heavy atom. The summed E-state index contributed by atoms with van der Waals surface area (Å²) in [5.41, 5.74) is 6.44. The van der Waals surface area contributed by atoms with Crippen LogP contribution in [0, 0.1) is 27.7 Å². The lowest BCUT2D eigenvalue weighted by Crippen LogP contribution is -2.11. The molecule has 0 aliphatic rings. The van der Waals surface area contributed by atoms with Crippen LogP contribution in [0.25, 0.3) is 100 Å². The summed E-state index contributed by atoms with van der Waals surface area (Å²) in [6.07, 6.45) is -4.74. The zero-order chi connectivity index (χ0) is 43.9. The number of nitrogens with zero attached hydrogens (tertiary/aromatic N) is 9. The Balaban J connectivity index is 1.31. The summed E-state index contributed by atoms with van der Waals surface area (Å²) in [6.45, 7) is 7.24. The Kier molecular flexibility index (Phi) is 8.95. The minimum absolute atomic E-state index is 0.291. The van der Waals surface area contributed by atoms with E-state index in [1.54, 1.807) is 0 Å². The molecule has 0 radical (unpaired) electrons. The van der Waals surface area contributed by atoms with Gasteiger partial charge in [-0.05, 0) is 76.2 Å². The van der Waals surface area contributed by atoms with E-state index in [0.29, 0.717) is 96.5 Å².